The number of rotatable bonds is 12. The number of nitrogens with zero attached hydrogens (tertiary/aromatic N) is 1. The number of aliphatic hydroxyl groups excluding tert-OH is 2. The Labute approximate surface area is 367 Å². The van der Waals surface area contributed by atoms with Crippen molar-refractivity contribution in [1.82, 2.24) is 10.2 Å². The first-order valence-electron chi connectivity index (χ1n) is 22.4. The normalized spacial score (nSPS) is 37.5. The monoisotopic (exact) mass is 872 g/mol. The summed E-state index contributed by atoms with van der Waals surface area (Å²) in [5, 5.41) is 38.6. The predicted octanol–water partition coefficient (Wildman–Crippen LogP) is 3.48. The van der Waals surface area contributed by atoms with Crippen LogP contribution in [0.1, 0.15) is 93.9 Å². The minimum absolute atomic E-state index is 0.0130. The number of carbonyl (C=O) groups excluding carboxylic acids is 4. The Bertz CT molecular complexity index is 2130. The van der Waals surface area contributed by atoms with Crippen molar-refractivity contribution in [2.75, 3.05) is 26.3 Å². The van der Waals surface area contributed by atoms with Crippen LogP contribution in [-0.2, 0) is 38.0 Å². The van der Waals surface area contributed by atoms with E-state index in [1.165, 1.54) is 6.92 Å². The number of esters is 3. The molecule has 3 saturated heterocycles. The molecule has 0 unspecified atom stereocenters. The average Bonchev–Trinajstić information content (AvgIpc) is 4.00. The standard InChI is InChI=1S/C48H60N2O13/c1-26-32(59-44(56)37(53)36(28-16-17-28)49-42(54)29-12-8-6-9-13-29)22-48(57)41(62-43(55)30-14-10-7-11-15-30)39-46(5,20-18-33-47(39,25-58-33)63-27(2)52)40-38(35(26)45(48,3)4)60-34(61-40)23-50-21-19-31(50)24-51/h6-15,28,31-34,36-41,51,53,57H,16-25H2,1-5H3,(H,49,54)/t31-,32-,33+,34+,36-,37+,38+,39-,40+,41-,46+,47-,48+/m0/s1. The third kappa shape index (κ3) is 7.31. The molecule has 15 nitrogen and oxygen atoms in total. The quantitative estimate of drug-likeness (QED) is 0.137. The summed E-state index contributed by atoms with van der Waals surface area (Å²) in [6.07, 6.45) is -4.36. The van der Waals surface area contributed by atoms with Crippen LogP contribution < -0.4 is 5.32 Å². The van der Waals surface area contributed by atoms with E-state index in [4.69, 9.17) is 28.4 Å². The van der Waals surface area contributed by atoms with Crippen molar-refractivity contribution in [3.05, 3.63) is 82.9 Å². The minimum Gasteiger partial charge on any atom is -0.456 e. The molecule has 63 heavy (non-hydrogen) atoms. The molecule has 3 heterocycles. The zero-order valence-electron chi connectivity index (χ0n) is 36.6. The number of likely N-dealkylation sites (tertiary alicyclic amines) is 1. The van der Waals surface area contributed by atoms with E-state index in [2.05, 4.69) is 10.2 Å². The number of hydrogen-bond donors (Lipinski definition) is 4. The number of fused-ring (bicyclic) bond motifs is 8. The Morgan fingerprint density at radius 2 is 1.62 bits per heavy atom. The third-order valence-corrected chi connectivity index (χ3v) is 15.7. The summed E-state index contributed by atoms with van der Waals surface area (Å²) >= 11 is 0. The van der Waals surface area contributed by atoms with Gasteiger partial charge in [0.05, 0.1) is 36.8 Å². The van der Waals surface area contributed by atoms with Crippen LogP contribution in [0.4, 0.5) is 0 Å². The molecule has 3 aliphatic heterocycles. The van der Waals surface area contributed by atoms with Gasteiger partial charge in [-0.2, -0.15) is 0 Å². The summed E-state index contributed by atoms with van der Waals surface area (Å²) in [5.74, 6) is -3.79. The van der Waals surface area contributed by atoms with Gasteiger partial charge in [-0.15, -0.1) is 0 Å². The summed E-state index contributed by atoms with van der Waals surface area (Å²) in [4.78, 5) is 57.4. The van der Waals surface area contributed by atoms with E-state index in [-0.39, 0.29) is 37.2 Å². The molecule has 9 rings (SSSR count). The predicted molar refractivity (Wildman–Crippen MR) is 224 cm³/mol. The molecule has 6 fully saturated rings. The largest absolute Gasteiger partial charge is 0.456 e. The van der Waals surface area contributed by atoms with E-state index in [0.717, 1.165) is 13.0 Å². The van der Waals surface area contributed by atoms with E-state index < -0.39 is 101 Å². The SMILES string of the molecule is CC(=O)O[C@@]12CO[C@@H]1CC[C@@]1(C)[C@@H]3O[C@H](CN4CC[C@H]4CO)O[C@@H]3C3=C(C)[C@@H](OC(=O)[C@H](O)[C@@H](NC(=O)c4ccccc4)C4CC4)C[C@@](O)([C@@H](OC(=O)c4ccccc4)[C@@H]12)C3(C)C. The number of amides is 1. The maximum atomic E-state index is 14.5. The fourth-order valence-electron chi connectivity index (χ4n) is 12.0. The Morgan fingerprint density at radius 3 is 2.21 bits per heavy atom. The van der Waals surface area contributed by atoms with Crippen molar-refractivity contribution in [2.24, 2.45) is 22.7 Å². The van der Waals surface area contributed by atoms with Gasteiger partial charge in [0.1, 0.15) is 30.0 Å². The molecule has 15 heteroatoms. The van der Waals surface area contributed by atoms with E-state index >= 15 is 0 Å². The molecule has 340 valence electrons. The summed E-state index contributed by atoms with van der Waals surface area (Å²) in [6.45, 7) is 9.94. The average molecular weight is 873 g/mol. The van der Waals surface area contributed by atoms with Gasteiger partial charge < -0.3 is 49.1 Å². The van der Waals surface area contributed by atoms with Gasteiger partial charge in [0.15, 0.2) is 18.0 Å². The highest BCUT2D eigenvalue weighted by atomic mass is 16.7. The summed E-state index contributed by atoms with van der Waals surface area (Å²) in [6, 6.07) is 16.0. The highest BCUT2D eigenvalue weighted by molar-refractivity contribution is 5.95. The van der Waals surface area contributed by atoms with Gasteiger partial charge in [-0.1, -0.05) is 57.2 Å². The Morgan fingerprint density at radius 1 is 0.937 bits per heavy atom. The van der Waals surface area contributed by atoms with Crippen LogP contribution in [0.2, 0.25) is 0 Å². The highest BCUT2D eigenvalue weighted by Gasteiger charge is 2.77. The number of aliphatic hydroxyl groups is 3. The van der Waals surface area contributed by atoms with E-state index in [0.29, 0.717) is 48.9 Å². The van der Waals surface area contributed by atoms with Crippen LogP contribution in [0.5, 0.6) is 0 Å². The van der Waals surface area contributed by atoms with Crippen LogP contribution in [-0.4, -0.2) is 137 Å². The lowest BCUT2D eigenvalue weighted by atomic mass is 9.45. The fraction of sp³-hybridized carbons (Fsp3) is 0.625. The number of nitrogens with one attached hydrogen (secondary N) is 1. The molecular formula is C48H60N2O13. The molecule has 1 amide bonds. The molecular weight excluding hydrogens is 813 g/mol. The van der Waals surface area contributed by atoms with Gasteiger partial charge >= 0.3 is 17.9 Å². The third-order valence-electron chi connectivity index (χ3n) is 15.7. The lowest BCUT2D eigenvalue weighted by molar-refractivity contribution is -0.345. The van der Waals surface area contributed by atoms with Crippen molar-refractivity contribution in [2.45, 2.75) is 139 Å². The zero-order chi connectivity index (χ0) is 44.6. The summed E-state index contributed by atoms with van der Waals surface area (Å²) in [5.41, 5.74) is -3.85. The van der Waals surface area contributed by atoms with Crippen molar-refractivity contribution < 1.29 is 62.9 Å². The topological polar surface area (TPSA) is 200 Å². The van der Waals surface area contributed by atoms with Crippen LogP contribution in [0, 0.1) is 22.7 Å². The Hall–Kier alpha value is -4.22. The van der Waals surface area contributed by atoms with Gasteiger partial charge in [-0.05, 0) is 80.4 Å². The van der Waals surface area contributed by atoms with Crippen LogP contribution in [0.3, 0.4) is 0 Å². The molecule has 4 N–H and O–H groups in total. The molecule has 0 radical (unpaired) electrons. The molecule has 0 aromatic heterocycles. The van der Waals surface area contributed by atoms with Gasteiger partial charge in [-0.3, -0.25) is 14.5 Å². The Balaban J connectivity index is 1.15. The summed E-state index contributed by atoms with van der Waals surface area (Å²) < 4.78 is 39.6. The first kappa shape index (κ1) is 44.0. The zero-order valence-corrected chi connectivity index (χ0v) is 36.6. The molecule has 2 aromatic rings. The fourth-order valence-corrected chi connectivity index (χ4v) is 12.0. The molecule has 4 aliphatic carbocycles. The first-order valence-corrected chi connectivity index (χ1v) is 22.4. The van der Waals surface area contributed by atoms with Crippen LogP contribution in [0.25, 0.3) is 0 Å². The van der Waals surface area contributed by atoms with Crippen molar-refractivity contribution in [3.8, 4) is 0 Å². The molecule has 3 saturated carbocycles. The first-order chi connectivity index (χ1) is 30.0. The van der Waals surface area contributed by atoms with Crippen molar-refractivity contribution >= 4 is 23.8 Å². The molecule has 2 bridgehead atoms. The lowest BCUT2D eigenvalue weighted by Crippen LogP contribution is -2.79. The van der Waals surface area contributed by atoms with E-state index in [1.54, 1.807) is 60.7 Å². The van der Waals surface area contributed by atoms with E-state index in [1.807, 2.05) is 27.7 Å². The smallest absolute Gasteiger partial charge is 0.338 e. The maximum Gasteiger partial charge on any atom is 0.338 e. The number of carbonyl (C=O) groups is 4. The van der Waals surface area contributed by atoms with Gasteiger partial charge in [0, 0.05) is 48.9 Å². The number of hydrogen-bond acceptors (Lipinski definition) is 14. The van der Waals surface area contributed by atoms with E-state index in [9.17, 15) is 34.5 Å². The second-order valence-corrected chi connectivity index (χ2v) is 19.6. The Kier molecular flexibility index (Phi) is 11.4. The number of ether oxygens (including phenoxy) is 6. The molecule has 7 aliphatic rings. The van der Waals surface area contributed by atoms with Gasteiger partial charge in [0.2, 0.25) is 0 Å². The molecule has 13 atom stereocenters. The number of benzene rings is 2. The summed E-state index contributed by atoms with van der Waals surface area (Å²) in [7, 11) is 0. The minimum atomic E-state index is -2.04. The maximum absolute atomic E-state index is 14.5. The van der Waals surface area contributed by atoms with Crippen LogP contribution >= 0.6 is 0 Å². The van der Waals surface area contributed by atoms with Gasteiger partial charge in [0.25, 0.3) is 5.91 Å². The van der Waals surface area contributed by atoms with Gasteiger partial charge in [-0.25, -0.2) is 9.59 Å². The highest BCUT2D eigenvalue weighted by Crippen LogP contribution is 2.66. The van der Waals surface area contributed by atoms with Crippen molar-refractivity contribution in [3.63, 3.8) is 0 Å². The second kappa shape index (κ2) is 16.3. The molecule has 2 aromatic carbocycles. The molecule has 0 spiro atoms. The van der Waals surface area contributed by atoms with Crippen LogP contribution in [0.15, 0.2) is 71.8 Å². The van der Waals surface area contributed by atoms with Crippen molar-refractivity contribution in [1.29, 1.82) is 0 Å². The second-order valence-electron chi connectivity index (χ2n) is 19.6. The lowest BCUT2D eigenvalue weighted by Gasteiger charge is -2.68.